The van der Waals surface area contributed by atoms with Crippen LogP contribution < -0.4 is 5.32 Å². The molecule has 0 radical (unpaired) electrons. The lowest BCUT2D eigenvalue weighted by molar-refractivity contribution is -0.298. The van der Waals surface area contributed by atoms with Crippen LogP contribution in [0.4, 0.5) is 0 Å². The fourth-order valence-corrected chi connectivity index (χ4v) is 8.94. The number of nitrogens with zero attached hydrogens (tertiary/aromatic N) is 1. The lowest BCUT2D eigenvalue weighted by Crippen LogP contribution is -2.59. The molecule has 10 atom stereocenters. The van der Waals surface area contributed by atoms with Gasteiger partial charge in [-0.1, -0.05) is 121 Å². The van der Waals surface area contributed by atoms with Gasteiger partial charge >= 0.3 is 11.9 Å². The number of aliphatic hydroxyl groups excluding tert-OH is 5. The summed E-state index contributed by atoms with van der Waals surface area (Å²) < 4.78 is 36.7. The number of fused-ring (bicyclic) bond motifs is 1. The molecule has 2 saturated heterocycles. The summed E-state index contributed by atoms with van der Waals surface area (Å²) in [6, 6.07) is 32.4. The third-order valence-corrected chi connectivity index (χ3v) is 12.7. The Morgan fingerprint density at radius 3 is 2.08 bits per heavy atom. The van der Waals surface area contributed by atoms with E-state index in [4.69, 9.17) is 28.4 Å². The SMILES string of the molecule is CN(C(=O)C1=CC2OC(c3ccccc3)(c3ccccc3)OC2C(OC(=O)c2ccccc2C=CCOC2OC(CO)C(O)C(O)C2O)C1)C(Cc1ccccc1)C(=O)NC(CO)CCC(=O)OC(C)(C)C. The van der Waals surface area contributed by atoms with Crippen LogP contribution in [0.1, 0.15) is 72.6 Å². The summed E-state index contributed by atoms with van der Waals surface area (Å²) >= 11 is 0. The van der Waals surface area contributed by atoms with Gasteiger partial charge in [-0.2, -0.15) is 0 Å². The van der Waals surface area contributed by atoms with Crippen molar-refractivity contribution < 1.29 is 73.1 Å². The summed E-state index contributed by atoms with van der Waals surface area (Å²) in [5.74, 6) is -3.85. The van der Waals surface area contributed by atoms with Crippen LogP contribution in [0, 0.1) is 0 Å². The van der Waals surface area contributed by atoms with Gasteiger partial charge in [-0.25, -0.2) is 4.79 Å². The highest BCUT2D eigenvalue weighted by Crippen LogP contribution is 2.47. The molecule has 4 aromatic rings. The first-order chi connectivity index (χ1) is 34.5. The number of hydrogen-bond acceptors (Lipinski definition) is 15. The molecule has 17 nitrogen and oxygen atoms in total. The van der Waals surface area contributed by atoms with Crippen LogP contribution in [0.5, 0.6) is 0 Å². The van der Waals surface area contributed by atoms with Crippen molar-refractivity contribution in [2.75, 3.05) is 26.9 Å². The third kappa shape index (κ3) is 12.9. The van der Waals surface area contributed by atoms with Gasteiger partial charge in [0.25, 0.3) is 0 Å². The lowest BCUT2D eigenvalue weighted by Gasteiger charge is -2.39. The van der Waals surface area contributed by atoms with Gasteiger partial charge in [0.05, 0.1) is 31.4 Å². The maximum Gasteiger partial charge on any atom is 0.339 e. The number of aliphatic hydroxyl groups is 5. The molecule has 1 aliphatic carbocycles. The van der Waals surface area contributed by atoms with Crippen molar-refractivity contribution in [3.05, 3.63) is 161 Å². The summed E-state index contributed by atoms with van der Waals surface area (Å²) in [5, 5.41) is 53.5. The molecule has 7 rings (SSSR count). The number of rotatable bonds is 19. The van der Waals surface area contributed by atoms with E-state index < -0.39 is 109 Å². The average molecular weight is 993 g/mol. The zero-order valence-electron chi connectivity index (χ0n) is 40.7. The van der Waals surface area contributed by atoms with E-state index in [9.17, 15) is 44.7 Å². The molecule has 2 amide bonds. The molecule has 4 aromatic carbocycles. The molecule has 2 heterocycles. The molecule has 0 aromatic heterocycles. The predicted octanol–water partition coefficient (Wildman–Crippen LogP) is 3.73. The molecule has 0 bridgehead atoms. The second-order valence-electron chi connectivity index (χ2n) is 19.0. The first kappa shape index (κ1) is 53.7. The van der Waals surface area contributed by atoms with E-state index >= 15 is 0 Å². The highest BCUT2D eigenvalue weighted by Gasteiger charge is 2.55. The molecule has 6 N–H and O–H groups in total. The van der Waals surface area contributed by atoms with E-state index in [0.29, 0.717) is 16.7 Å². The van der Waals surface area contributed by atoms with Gasteiger partial charge < -0.3 is 64.2 Å². The van der Waals surface area contributed by atoms with Crippen molar-refractivity contribution in [1.82, 2.24) is 10.2 Å². The highest BCUT2D eigenvalue weighted by atomic mass is 16.8. The molecule has 2 fully saturated rings. The Morgan fingerprint density at radius 1 is 0.833 bits per heavy atom. The highest BCUT2D eigenvalue weighted by molar-refractivity contribution is 5.98. The summed E-state index contributed by atoms with van der Waals surface area (Å²) in [5.41, 5.74) is 2.11. The minimum atomic E-state index is -1.62. The van der Waals surface area contributed by atoms with Crippen LogP contribution in [0.3, 0.4) is 0 Å². The maximum absolute atomic E-state index is 15.0. The van der Waals surface area contributed by atoms with Gasteiger partial charge in [0.1, 0.15) is 54.4 Å². The fraction of sp³-hybridized carbons (Fsp3) is 0.418. The molecule has 17 heteroatoms. The van der Waals surface area contributed by atoms with Gasteiger partial charge in [-0.05, 0) is 50.5 Å². The second kappa shape index (κ2) is 24.1. The van der Waals surface area contributed by atoms with E-state index in [1.807, 2.05) is 91.0 Å². The van der Waals surface area contributed by atoms with Gasteiger partial charge in [-0.15, -0.1) is 0 Å². The number of likely N-dealkylation sites (N-methyl/N-ethyl adjacent to an activating group) is 1. The minimum absolute atomic E-state index is 0.0628. The predicted molar refractivity (Wildman–Crippen MR) is 261 cm³/mol. The van der Waals surface area contributed by atoms with Gasteiger partial charge in [0, 0.05) is 43.0 Å². The van der Waals surface area contributed by atoms with Crippen LogP contribution in [0.25, 0.3) is 6.08 Å². The molecule has 384 valence electrons. The standard InChI is InChI=1S/C55H64N2O15/c1-54(2,3)71-45(60)27-26-39(32-58)56-50(64)41(29-34-17-8-5-9-18-34)57(4)51(65)36-30-42(49-43(31-36)70-55(72-49,37-21-10-6-11-22-37)38-23-12-7-13-24-38)68-52(66)40-25-15-14-19-35(40)20-16-28-67-53-48(63)47(62)46(61)44(33-59)69-53/h5-25,31,39,41-44,46-49,53,58-59,61-63H,26-30,32-33H2,1-4H3,(H,56,64). The largest absolute Gasteiger partial charge is 0.460 e. The van der Waals surface area contributed by atoms with E-state index in [1.54, 1.807) is 63.3 Å². The number of amides is 2. The molecular formula is C55H64N2O15. The Hall–Kier alpha value is -6.12. The first-order valence-electron chi connectivity index (χ1n) is 24.0. The quantitative estimate of drug-likeness (QED) is 0.0734. The van der Waals surface area contributed by atoms with Crippen molar-refractivity contribution in [2.45, 2.75) is 119 Å². The van der Waals surface area contributed by atoms with Crippen LogP contribution in [-0.4, -0.2) is 148 Å². The Labute approximate surface area is 418 Å². The van der Waals surface area contributed by atoms with Crippen molar-refractivity contribution in [3.8, 4) is 0 Å². The topological polar surface area (TPSA) is 240 Å². The summed E-state index contributed by atoms with van der Waals surface area (Å²) in [6.07, 6.45) is -5.50. The van der Waals surface area contributed by atoms with E-state index in [2.05, 4.69) is 5.32 Å². The molecular weight excluding hydrogens is 929 g/mol. The number of hydrogen-bond donors (Lipinski definition) is 6. The number of benzene rings is 4. The number of ether oxygens (including phenoxy) is 6. The van der Waals surface area contributed by atoms with E-state index in [0.717, 1.165) is 5.56 Å². The maximum atomic E-state index is 15.0. The first-order valence-corrected chi connectivity index (χ1v) is 24.0. The molecule has 10 unspecified atom stereocenters. The van der Waals surface area contributed by atoms with Crippen molar-refractivity contribution in [1.29, 1.82) is 0 Å². The minimum Gasteiger partial charge on any atom is -0.460 e. The zero-order valence-corrected chi connectivity index (χ0v) is 40.7. The summed E-state index contributed by atoms with van der Waals surface area (Å²) in [7, 11) is 1.51. The molecule has 0 spiro atoms. The molecule has 72 heavy (non-hydrogen) atoms. The number of esters is 2. The van der Waals surface area contributed by atoms with Crippen molar-refractivity contribution in [3.63, 3.8) is 0 Å². The summed E-state index contributed by atoms with van der Waals surface area (Å²) in [4.78, 5) is 57.6. The zero-order chi connectivity index (χ0) is 51.6. The van der Waals surface area contributed by atoms with Crippen LogP contribution in [0.2, 0.25) is 0 Å². The number of carbonyl (C=O) groups excluding carboxylic acids is 4. The third-order valence-electron chi connectivity index (χ3n) is 12.7. The fourth-order valence-electron chi connectivity index (χ4n) is 8.94. The monoisotopic (exact) mass is 992 g/mol. The van der Waals surface area contributed by atoms with Crippen LogP contribution in [-0.2, 0) is 55.0 Å². The van der Waals surface area contributed by atoms with E-state index in [1.165, 1.54) is 11.9 Å². The Balaban J connectivity index is 1.16. The van der Waals surface area contributed by atoms with E-state index in [-0.39, 0.29) is 43.4 Å². The molecule has 0 saturated carbocycles. The average Bonchev–Trinajstić information content (AvgIpc) is 3.79. The normalized spacial score (nSPS) is 24.6. The van der Waals surface area contributed by atoms with Crippen molar-refractivity contribution >= 4 is 29.8 Å². The Kier molecular flexibility index (Phi) is 17.9. The number of nitrogens with one attached hydrogen (secondary N) is 1. The van der Waals surface area contributed by atoms with Gasteiger partial charge in [0.15, 0.2) is 6.29 Å². The summed E-state index contributed by atoms with van der Waals surface area (Å²) in [6.45, 7) is 4.00. The smallest absolute Gasteiger partial charge is 0.339 e. The Bertz CT molecular complexity index is 2470. The van der Waals surface area contributed by atoms with Crippen molar-refractivity contribution in [2.24, 2.45) is 0 Å². The lowest BCUT2D eigenvalue weighted by atomic mass is 9.90. The Morgan fingerprint density at radius 2 is 1.46 bits per heavy atom. The van der Waals surface area contributed by atoms with Gasteiger partial charge in [0.2, 0.25) is 17.6 Å². The second-order valence-corrected chi connectivity index (χ2v) is 19.0. The van der Waals surface area contributed by atoms with Gasteiger partial charge in [-0.3, -0.25) is 14.4 Å². The van der Waals surface area contributed by atoms with Crippen LogP contribution in [0.15, 0.2) is 133 Å². The van der Waals surface area contributed by atoms with Crippen LogP contribution >= 0.6 is 0 Å². The molecule has 2 aliphatic heterocycles. The number of carbonyl (C=O) groups is 4. The molecule has 3 aliphatic rings.